The highest BCUT2D eigenvalue weighted by Gasteiger charge is 2.38. The van der Waals surface area contributed by atoms with Crippen LogP contribution in [-0.4, -0.2) is 9.55 Å². The Hall–Kier alpha value is -5.19. The molecule has 4 aromatic heterocycles. The van der Waals surface area contributed by atoms with E-state index in [1.165, 1.54) is 75.0 Å². The molecule has 206 valence electrons. The first-order chi connectivity index (χ1) is 21.6. The predicted octanol–water partition coefficient (Wildman–Crippen LogP) is 11.3. The van der Waals surface area contributed by atoms with E-state index in [1.54, 1.807) is 6.20 Å². The Labute approximate surface area is 255 Å². The topological polar surface area (TPSA) is 31.0 Å². The molecule has 11 rings (SSSR count). The molecule has 0 spiro atoms. The first-order valence-electron chi connectivity index (χ1n) is 15.1. The molecule has 1 aliphatic carbocycles. The summed E-state index contributed by atoms with van der Waals surface area (Å²) in [6.07, 6.45) is 3.71. The molecule has 0 saturated heterocycles. The maximum atomic E-state index is 6.23. The number of aromatic nitrogens is 2. The monoisotopic (exact) mass is 580 g/mol. The summed E-state index contributed by atoms with van der Waals surface area (Å²) in [5.74, 6) is 0. The molecule has 0 saturated carbocycles. The van der Waals surface area contributed by atoms with E-state index in [4.69, 9.17) is 4.42 Å². The molecule has 4 heteroatoms. The van der Waals surface area contributed by atoms with Crippen LogP contribution in [0.1, 0.15) is 25.0 Å². The average Bonchev–Trinajstić information content (AvgIpc) is 3.77. The molecule has 10 aromatic rings. The van der Waals surface area contributed by atoms with E-state index in [1.807, 2.05) is 23.6 Å². The van der Waals surface area contributed by atoms with Crippen molar-refractivity contribution in [3.8, 4) is 16.8 Å². The van der Waals surface area contributed by atoms with Crippen LogP contribution in [0.3, 0.4) is 0 Å². The number of pyridine rings is 1. The summed E-state index contributed by atoms with van der Waals surface area (Å²) < 4.78 is 11.4. The predicted molar refractivity (Wildman–Crippen MR) is 185 cm³/mol. The third kappa shape index (κ3) is 2.64. The van der Waals surface area contributed by atoms with Gasteiger partial charge < -0.3 is 8.98 Å². The summed E-state index contributed by atoms with van der Waals surface area (Å²) in [5, 5.41) is 10.1. The fraction of sp³-hybridized carbons (Fsp3) is 0.0750. The second-order valence-electron chi connectivity index (χ2n) is 12.8. The Bertz CT molecular complexity index is 2860. The van der Waals surface area contributed by atoms with Crippen LogP contribution in [0.15, 0.2) is 114 Å². The molecule has 0 N–H and O–H groups in total. The lowest BCUT2D eigenvalue weighted by molar-refractivity contribution is 0.661. The average molecular weight is 581 g/mol. The Balaban J connectivity index is 1.40. The van der Waals surface area contributed by atoms with Gasteiger partial charge in [0, 0.05) is 65.2 Å². The summed E-state index contributed by atoms with van der Waals surface area (Å²) >= 11 is 1.89. The highest BCUT2D eigenvalue weighted by atomic mass is 32.1. The van der Waals surface area contributed by atoms with E-state index < -0.39 is 0 Å². The molecule has 0 aliphatic heterocycles. The van der Waals surface area contributed by atoms with E-state index in [2.05, 4.69) is 114 Å². The first kappa shape index (κ1) is 23.3. The zero-order valence-electron chi connectivity index (χ0n) is 24.1. The van der Waals surface area contributed by atoms with Gasteiger partial charge in [0.1, 0.15) is 11.2 Å². The number of fused-ring (bicyclic) bond motifs is 11. The van der Waals surface area contributed by atoms with Gasteiger partial charge in [0.05, 0.1) is 11.0 Å². The Morgan fingerprint density at radius 1 is 0.682 bits per heavy atom. The highest BCUT2D eigenvalue weighted by Crippen LogP contribution is 2.55. The van der Waals surface area contributed by atoms with Crippen LogP contribution >= 0.6 is 11.3 Å². The summed E-state index contributed by atoms with van der Waals surface area (Å²) in [5.41, 5.74) is 10.9. The minimum atomic E-state index is -0.104. The fourth-order valence-electron chi connectivity index (χ4n) is 8.28. The fourth-order valence-corrected chi connectivity index (χ4v) is 9.44. The SMILES string of the molecule is CC1(C)c2ccccc2-c2c1cc1c3c2ccc2cc4sc5ccccc5c4c(c23)n1-c1ccc2oc3ccncc3c2c1. The van der Waals surface area contributed by atoms with E-state index >= 15 is 0 Å². The second kappa shape index (κ2) is 7.65. The van der Waals surface area contributed by atoms with Crippen LogP contribution in [0.25, 0.3) is 91.5 Å². The zero-order chi connectivity index (χ0) is 28.9. The standard InChI is InChI=1S/C40H24N2OS/c1-40(2)28-9-5-3-7-23(28)36-25-13-11-21-17-34-38(24-8-4-6-10-33(24)44-34)39-35(21)37(25)30(19-29(36)40)42(39)22-12-14-31-26(18-22)27-20-41-16-15-32(27)43-31/h3-20H,1-2H3. The summed E-state index contributed by atoms with van der Waals surface area (Å²) in [6.45, 7) is 4.75. The van der Waals surface area contributed by atoms with Crippen molar-refractivity contribution in [1.82, 2.24) is 9.55 Å². The van der Waals surface area contributed by atoms with Crippen molar-refractivity contribution < 1.29 is 4.42 Å². The van der Waals surface area contributed by atoms with Crippen LogP contribution < -0.4 is 0 Å². The number of hydrogen-bond donors (Lipinski definition) is 0. The largest absolute Gasteiger partial charge is 0.456 e. The van der Waals surface area contributed by atoms with E-state index in [-0.39, 0.29) is 5.41 Å². The van der Waals surface area contributed by atoms with Crippen molar-refractivity contribution in [3.63, 3.8) is 0 Å². The quantitative estimate of drug-likeness (QED) is 0.181. The van der Waals surface area contributed by atoms with Crippen molar-refractivity contribution in [2.24, 2.45) is 0 Å². The lowest BCUT2D eigenvalue weighted by Crippen LogP contribution is -2.15. The third-order valence-electron chi connectivity index (χ3n) is 10.2. The Morgan fingerprint density at radius 2 is 1.55 bits per heavy atom. The van der Waals surface area contributed by atoms with Gasteiger partial charge in [-0.05, 0) is 75.5 Å². The molecule has 0 fully saturated rings. The molecule has 1 aliphatic rings. The van der Waals surface area contributed by atoms with Gasteiger partial charge in [0.15, 0.2) is 0 Å². The normalized spacial score (nSPS) is 14.3. The van der Waals surface area contributed by atoms with Gasteiger partial charge in [-0.3, -0.25) is 4.98 Å². The van der Waals surface area contributed by atoms with Gasteiger partial charge in [0.25, 0.3) is 0 Å². The summed E-state index contributed by atoms with van der Waals surface area (Å²) in [6, 6.07) is 36.1. The van der Waals surface area contributed by atoms with E-state index in [9.17, 15) is 0 Å². The van der Waals surface area contributed by atoms with Crippen molar-refractivity contribution in [1.29, 1.82) is 0 Å². The maximum Gasteiger partial charge on any atom is 0.138 e. The lowest BCUT2D eigenvalue weighted by Gasteiger charge is -2.22. The number of furan rings is 1. The van der Waals surface area contributed by atoms with E-state index in [0.29, 0.717) is 0 Å². The molecule has 0 amide bonds. The molecule has 4 heterocycles. The minimum absolute atomic E-state index is 0.104. The molecule has 6 aromatic carbocycles. The van der Waals surface area contributed by atoms with Gasteiger partial charge in [-0.1, -0.05) is 68.4 Å². The second-order valence-corrected chi connectivity index (χ2v) is 13.8. The number of nitrogens with zero attached hydrogens (tertiary/aromatic N) is 2. The highest BCUT2D eigenvalue weighted by molar-refractivity contribution is 7.26. The molecular formula is C40H24N2OS. The van der Waals surface area contributed by atoms with Crippen LogP contribution in [0.2, 0.25) is 0 Å². The van der Waals surface area contributed by atoms with Gasteiger partial charge >= 0.3 is 0 Å². The zero-order valence-corrected chi connectivity index (χ0v) is 24.9. The van der Waals surface area contributed by atoms with Crippen molar-refractivity contribution in [2.45, 2.75) is 19.3 Å². The smallest absolute Gasteiger partial charge is 0.138 e. The summed E-state index contributed by atoms with van der Waals surface area (Å²) in [7, 11) is 0. The first-order valence-corrected chi connectivity index (χ1v) is 15.9. The van der Waals surface area contributed by atoms with Gasteiger partial charge in [0.2, 0.25) is 0 Å². The van der Waals surface area contributed by atoms with E-state index in [0.717, 1.165) is 27.6 Å². The lowest BCUT2D eigenvalue weighted by atomic mass is 9.82. The number of thiophene rings is 1. The summed E-state index contributed by atoms with van der Waals surface area (Å²) in [4.78, 5) is 4.43. The van der Waals surface area contributed by atoms with Gasteiger partial charge in [-0.25, -0.2) is 0 Å². The Kier molecular flexibility index (Phi) is 4.05. The molecule has 0 unspecified atom stereocenters. The molecule has 0 radical (unpaired) electrons. The van der Waals surface area contributed by atoms with Crippen LogP contribution in [0, 0.1) is 0 Å². The molecule has 0 atom stereocenters. The van der Waals surface area contributed by atoms with Gasteiger partial charge in [-0.15, -0.1) is 11.3 Å². The van der Waals surface area contributed by atoms with Crippen molar-refractivity contribution in [2.75, 3.05) is 0 Å². The Morgan fingerprint density at radius 3 is 2.50 bits per heavy atom. The van der Waals surface area contributed by atoms with Crippen molar-refractivity contribution >= 4 is 86.0 Å². The van der Waals surface area contributed by atoms with Gasteiger partial charge in [-0.2, -0.15) is 0 Å². The van der Waals surface area contributed by atoms with Crippen molar-refractivity contribution in [3.05, 3.63) is 121 Å². The number of hydrogen-bond acceptors (Lipinski definition) is 3. The molecule has 44 heavy (non-hydrogen) atoms. The van der Waals surface area contributed by atoms with Crippen LogP contribution in [-0.2, 0) is 5.41 Å². The maximum absolute atomic E-state index is 6.23. The number of benzene rings is 6. The molecule has 0 bridgehead atoms. The minimum Gasteiger partial charge on any atom is -0.456 e. The van der Waals surface area contributed by atoms with Crippen LogP contribution in [0.4, 0.5) is 0 Å². The molecule has 3 nitrogen and oxygen atoms in total. The number of rotatable bonds is 1. The molecular weight excluding hydrogens is 557 g/mol. The third-order valence-corrected chi connectivity index (χ3v) is 11.3. The van der Waals surface area contributed by atoms with Crippen LogP contribution in [0.5, 0.6) is 0 Å².